The minimum atomic E-state index is -4.17. The van der Waals surface area contributed by atoms with E-state index < -0.39 is 15.9 Å². The summed E-state index contributed by atoms with van der Waals surface area (Å²) >= 11 is 0. The average Bonchev–Trinajstić information content (AvgIpc) is 2.73. The van der Waals surface area contributed by atoms with Crippen LogP contribution in [0.1, 0.15) is 66.2 Å². The van der Waals surface area contributed by atoms with Crippen LogP contribution in [-0.4, -0.2) is 84.3 Å². The molecule has 0 aliphatic rings. The molecular weight excluding hydrogens is 436 g/mol. The molecule has 2 atom stereocenters. The first kappa shape index (κ1) is 31.7. The van der Waals surface area contributed by atoms with Gasteiger partial charge in [0.25, 0.3) is 0 Å². The van der Waals surface area contributed by atoms with Crippen LogP contribution in [0.2, 0.25) is 0 Å². The van der Waals surface area contributed by atoms with Gasteiger partial charge in [-0.3, -0.25) is 0 Å². The third-order valence-electron chi connectivity index (χ3n) is 4.98. The van der Waals surface area contributed by atoms with E-state index in [9.17, 15) is 13.0 Å². The molecule has 32 heavy (non-hydrogen) atoms. The Hall–Kier alpha value is -0.290. The van der Waals surface area contributed by atoms with E-state index in [-0.39, 0.29) is 19.1 Å². The minimum absolute atomic E-state index is 0.125. The van der Waals surface area contributed by atoms with Crippen LogP contribution in [0.5, 0.6) is 0 Å². The van der Waals surface area contributed by atoms with Crippen molar-refractivity contribution in [3.8, 4) is 0 Å². The topological polar surface area (TPSA) is 103 Å². The van der Waals surface area contributed by atoms with E-state index in [1.54, 1.807) is 0 Å². The zero-order chi connectivity index (χ0) is 24.1. The van der Waals surface area contributed by atoms with Crippen molar-refractivity contribution >= 4 is 10.1 Å². The lowest BCUT2D eigenvalue weighted by atomic mass is 10.0. The second kappa shape index (κ2) is 21.3. The summed E-state index contributed by atoms with van der Waals surface area (Å²) in [5.74, 6) is 0.798. The van der Waals surface area contributed by atoms with E-state index in [4.69, 9.17) is 23.7 Å². The van der Waals surface area contributed by atoms with Crippen molar-refractivity contribution in [1.82, 2.24) is 0 Å². The summed E-state index contributed by atoms with van der Waals surface area (Å²) in [6, 6.07) is 0. The van der Waals surface area contributed by atoms with Crippen molar-refractivity contribution in [3.05, 3.63) is 0 Å². The first-order valence-electron chi connectivity index (χ1n) is 12.1. The second-order valence-corrected chi connectivity index (χ2v) is 10.1. The predicted octanol–water partition coefficient (Wildman–Crippen LogP) is 3.64. The number of hydrogen-bond donors (Lipinski definition) is 0. The summed E-state index contributed by atoms with van der Waals surface area (Å²) in [5, 5.41) is 0. The molecule has 0 amide bonds. The van der Waals surface area contributed by atoms with Crippen LogP contribution >= 0.6 is 0 Å². The van der Waals surface area contributed by atoms with Crippen LogP contribution in [0.15, 0.2) is 0 Å². The zero-order valence-corrected chi connectivity index (χ0v) is 21.5. The number of hydrogen-bond acceptors (Lipinski definition) is 8. The Morgan fingerprint density at radius 3 is 2.03 bits per heavy atom. The van der Waals surface area contributed by atoms with Crippen LogP contribution in [0.3, 0.4) is 0 Å². The number of rotatable bonds is 24. The summed E-state index contributed by atoms with van der Waals surface area (Å²) in [4.78, 5) is 0. The number of ether oxygens (including phenoxy) is 5. The van der Waals surface area contributed by atoms with E-state index in [2.05, 4.69) is 27.7 Å². The lowest BCUT2D eigenvalue weighted by Crippen LogP contribution is -2.29. The molecule has 0 aromatic rings. The fourth-order valence-corrected chi connectivity index (χ4v) is 3.35. The molecule has 0 N–H and O–H groups in total. The van der Waals surface area contributed by atoms with Crippen LogP contribution in [0.4, 0.5) is 0 Å². The molecule has 0 fully saturated rings. The third kappa shape index (κ3) is 22.9. The summed E-state index contributed by atoms with van der Waals surface area (Å²) in [7, 11) is -4.17. The zero-order valence-electron chi connectivity index (χ0n) is 20.7. The molecule has 0 spiro atoms. The maximum absolute atomic E-state index is 10.5. The first-order valence-corrected chi connectivity index (χ1v) is 13.7. The molecule has 0 aliphatic heterocycles. The first-order chi connectivity index (χ1) is 15.3. The molecule has 0 bridgehead atoms. The molecule has 0 saturated carbocycles. The monoisotopic (exact) mass is 483 g/mol. The molecule has 0 aromatic heterocycles. The van der Waals surface area contributed by atoms with Crippen molar-refractivity contribution in [2.45, 2.75) is 72.3 Å². The molecule has 2 unspecified atom stereocenters. The van der Waals surface area contributed by atoms with E-state index in [0.29, 0.717) is 58.1 Å². The van der Waals surface area contributed by atoms with Gasteiger partial charge in [0.2, 0.25) is 0 Å². The van der Waals surface area contributed by atoms with Crippen molar-refractivity contribution in [1.29, 1.82) is 0 Å². The van der Waals surface area contributed by atoms with Crippen LogP contribution in [0.25, 0.3) is 0 Å². The largest absolute Gasteiger partial charge is 0.748 e. The van der Waals surface area contributed by atoms with Gasteiger partial charge in [-0.2, -0.15) is 0 Å². The smallest absolute Gasteiger partial charge is 0.104 e. The van der Waals surface area contributed by atoms with Crippen molar-refractivity contribution < 1.29 is 36.7 Å². The molecule has 0 saturated heterocycles. The SMILES string of the molecule is CCCCC(CC)COCC(COCCC(C)C)OCCOCCOCCCS(=O)(=O)[O-]. The summed E-state index contributed by atoms with van der Waals surface area (Å²) in [6.45, 7) is 13.1. The Bertz CT molecular complexity index is 498. The van der Waals surface area contributed by atoms with Crippen molar-refractivity contribution in [2.75, 3.05) is 65.2 Å². The molecule has 0 aliphatic carbocycles. The van der Waals surface area contributed by atoms with Gasteiger partial charge in [0.15, 0.2) is 0 Å². The quantitative estimate of drug-likeness (QED) is 0.151. The van der Waals surface area contributed by atoms with E-state index in [1.165, 1.54) is 19.3 Å². The third-order valence-corrected chi connectivity index (χ3v) is 5.77. The van der Waals surface area contributed by atoms with Gasteiger partial charge in [0, 0.05) is 25.6 Å². The molecule has 0 heterocycles. The van der Waals surface area contributed by atoms with E-state index >= 15 is 0 Å². The van der Waals surface area contributed by atoms with Crippen molar-refractivity contribution in [2.24, 2.45) is 11.8 Å². The molecule has 0 aromatic carbocycles. The highest BCUT2D eigenvalue weighted by Crippen LogP contribution is 2.13. The van der Waals surface area contributed by atoms with Gasteiger partial charge < -0.3 is 28.2 Å². The molecular formula is C23H47O8S-. The minimum Gasteiger partial charge on any atom is -0.748 e. The average molecular weight is 484 g/mol. The lowest BCUT2D eigenvalue weighted by molar-refractivity contribution is -0.0802. The Kier molecular flexibility index (Phi) is 21.1. The van der Waals surface area contributed by atoms with E-state index in [1.807, 2.05) is 0 Å². The highest BCUT2D eigenvalue weighted by atomic mass is 32.2. The predicted molar refractivity (Wildman–Crippen MR) is 125 cm³/mol. The van der Waals surface area contributed by atoms with Crippen LogP contribution < -0.4 is 0 Å². The van der Waals surface area contributed by atoms with Gasteiger partial charge in [-0.25, -0.2) is 8.42 Å². The standard InChI is InChI=1S/C23H48O8S/c1-5-7-9-22(6-2)18-30-20-23(19-29-12-10-21(3)4)31-16-15-28-14-13-27-11-8-17-32(24,25)26/h21-23H,5-20H2,1-4H3,(H,24,25,26)/p-1. The van der Waals surface area contributed by atoms with Gasteiger partial charge >= 0.3 is 0 Å². The Morgan fingerprint density at radius 1 is 0.750 bits per heavy atom. The van der Waals surface area contributed by atoms with Crippen molar-refractivity contribution in [3.63, 3.8) is 0 Å². The maximum Gasteiger partial charge on any atom is 0.104 e. The van der Waals surface area contributed by atoms with Crippen LogP contribution in [-0.2, 0) is 33.8 Å². The van der Waals surface area contributed by atoms with Crippen LogP contribution in [0, 0.1) is 11.8 Å². The molecule has 194 valence electrons. The lowest BCUT2D eigenvalue weighted by Gasteiger charge is -2.21. The summed E-state index contributed by atoms with van der Waals surface area (Å²) in [5.41, 5.74) is 0. The summed E-state index contributed by atoms with van der Waals surface area (Å²) in [6.07, 6.45) is 5.86. The Balaban J connectivity index is 4.00. The highest BCUT2D eigenvalue weighted by Gasteiger charge is 2.13. The second-order valence-electron chi connectivity index (χ2n) is 8.54. The van der Waals surface area contributed by atoms with Gasteiger partial charge in [0.1, 0.15) is 6.10 Å². The normalized spacial score (nSPS) is 14.2. The highest BCUT2D eigenvalue weighted by molar-refractivity contribution is 7.85. The fraction of sp³-hybridized carbons (Fsp3) is 1.00. The van der Waals surface area contributed by atoms with Gasteiger partial charge in [0.05, 0.1) is 49.8 Å². The molecule has 8 nitrogen and oxygen atoms in total. The fourth-order valence-electron chi connectivity index (χ4n) is 2.88. The molecule has 9 heteroatoms. The Labute approximate surface area is 196 Å². The number of unbranched alkanes of at least 4 members (excludes halogenated alkanes) is 1. The molecule has 0 radical (unpaired) electrons. The van der Waals surface area contributed by atoms with E-state index in [0.717, 1.165) is 19.4 Å². The Morgan fingerprint density at radius 2 is 1.41 bits per heavy atom. The van der Waals surface area contributed by atoms with Gasteiger partial charge in [-0.05, 0) is 31.1 Å². The summed E-state index contributed by atoms with van der Waals surface area (Å²) < 4.78 is 59.9. The van der Waals surface area contributed by atoms with Gasteiger partial charge in [-0.1, -0.05) is 47.0 Å². The maximum atomic E-state index is 10.5. The van der Waals surface area contributed by atoms with Gasteiger partial charge in [-0.15, -0.1) is 0 Å². The molecule has 0 rings (SSSR count).